The molecule has 116 valence electrons. The van der Waals surface area contributed by atoms with Gasteiger partial charge in [-0.25, -0.2) is 4.79 Å². The number of aromatic carboxylic acids is 1. The van der Waals surface area contributed by atoms with Crippen molar-refractivity contribution in [1.82, 2.24) is 0 Å². The summed E-state index contributed by atoms with van der Waals surface area (Å²) in [5.74, 6) is 0.485. The molecule has 1 rings (SSSR count). The number of rotatable bonds is 11. The van der Waals surface area contributed by atoms with E-state index in [4.69, 9.17) is 14.6 Å². The van der Waals surface area contributed by atoms with E-state index in [1.54, 1.807) is 30.5 Å². The lowest BCUT2D eigenvalue weighted by Crippen LogP contribution is -1.99. The van der Waals surface area contributed by atoms with Crippen molar-refractivity contribution in [3.05, 3.63) is 42.2 Å². The van der Waals surface area contributed by atoms with E-state index < -0.39 is 5.97 Å². The molecule has 1 aromatic rings. The monoisotopic (exact) mass is 310 g/mol. The number of hydrogen-bond donors (Lipinski definition) is 2. The van der Waals surface area contributed by atoms with Crippen LogP contribution in [0.25, 0.3) is 0 Å². The first-order valence-corrected chi connectivity index (χ1v) is 7.71. The maximum absolute atomic E-state index is 10.7. The van der Waals surface area contributed by atoms with Crippen LogP contribution in [0.5, 0.6) is 5.75 Å². The predicted molar refractivity (Wildman–Crippen MR) is 86.3 cm³/mol. The zero-order valence-electron chi connectivity index (χ0n) is 12.0. The number of thiol groups is 1. The maximum atomic E-state index is 10.7. The summed E-state index contributed by atoms with van der Waals surface area (Å²) in [6.45, 7) is 1.38. The Balaban J connectivity index is 2.01. The van der Waals surface area contributed by atoms with Crippen LogP contribution in [0.2, 0.25) is 0 Å². The van der Waals surface area contributed by atoms with Gasteiger partial charge in [-0.2, -0.15) is 12.6 Å². The summed E-state index contributed by atoms with van der Waals surface area (Å²) >= 11 is 4.04. The molecule has 0 aliphatic rings. The summed E-state index contributed by atoms with van der Waals surface area (Å²) in [5, 5.41) is 8.78. The molecule has 0 spiro atoms. The molecule has 21 heavy (non-hydrogen) atoms. The molecular formula is C16H22O4S. The highest BCUT2D eigenvalue weighted by atomic mass is 32.1. The molecule has 0 aromatic heterocycles. The summed E-state index contributed by atoms with van der Waals surface area (Å²) in [4.78, 5) is 10.7. The molecule has 0 amide bonds. The fraction of sp³-hybridized carbons (Fsp3) is 0.438. The molecule has 0 bridgehead atoms. The molecule has 0 saturated heterocycles. The topological polar surface area (TPSA) is 55.8 Å². The smallest absolute Gasteiger partial charge is 0.335 e. The van der Waals surface area contributed by atoms with Gasteiger partial charge in [0, 0.05) is 5.75 Å². The van der Waals surface area contributed by atoms with Crippen molar-refractivity contribution in [1.29, 1.82) is 0 Å². The second-order valence-electron chi connectivity index (χ2n) is 4.52. The van der Waals surface area contributed by atoms with Crippen molar-refractivity contribution >= 4 is 18.6 Å². The fourth-order valence-electron chi connectivity index (χ4n) is 1.70. The van der Waals surface area contributed by atoms with Gasteiger partial charge in [0.1, 0.15) is 5.75 Å². The SMILES string of the molecule is O=C(O)c1ccc(OCCCCCCOC=CCS)cc1. The van der Waals surface area contributed by atoms with Crippen molar-refractivity contribution in [3.63, 3.8) is 0 Å². The molecule has 4 nitrogen and oxygen atoms in total. The van der Waals surface area contributed by atoms with E-state index in [0.717, 1.165) is 32.3 Å². The zero-order chi connectivity index (χ0) is 15.3. The van der Waals surface area contributed by atoms with Crippen LogP contribution in [-0.4, -0.2) is 30.0 Å². The average Bonchev–Trinajstić information content (AvgIpc) is 2.49. The van der Waals surface area contributed by atoms with Crippen molar-refractivity contribution in [2.45, 2.75) is 25.7 Å². The Labute approximate surface area is 131 Å². The molecular weight excluding hydrogens is 288 g/mol. The summed E-state index contributed by atoms with van der Waals surface area (Å²) in [6.07, 6.45) is 7.77. The van der Waals surface area contributed by atoms with Crippen LogP contribution in [-0.2, 0) is 4.74 Å². The quantitative estimate of drug-likeness (QED) is 0.371. The molecule has 1 N–H and O–H groups in total. The van der Waals surface area contributed by atoms with Crippen LogP contribution < -0.4 is 4.74 Å². The molecule has 5 heteroatoms. The van der Waals surface area contributed by atoms with Crippen molar-refractivity contribution < 1.29 is 19.4 Å². The Kier molecular flexibility index (Phi) is 9.20. The van der Waals surface area contributed by atoms with Gasteiger partial charge in [0.2, 0.25) is 0 Å². The number of ether oxygens (including phenoxy) is 2. The van der Waals surface area contributed by atoms with Crippen LogP contribution in [0.1, 0.15) is 36.0 Å². The van der Waals surface area contributed by atoms with E-state index in [2.05, 4.69) is 12.6 Å². The number of benzene rings is 1. The van der Waals surface area contributed by atoms with Gasteiger partial charge >= 0.3 is 5.97 Å². The minimum absolute atomic E-state index is 0.273. The van der Waals surface area contributed by atoms with Crippen LogP contribution in [0, 0.1) is 0 Å². The van der Waals surface area contributed by atoms with E-state index in [9.17, 15) is 4.79 Å². The third kappa shape index (κ3) is 8.30. The number of unbranched alkanes of at least 4 members (excludes halogenated alkanes) is 3. The molecule has 0 unspecified atom stereocenters. The molecule has 0 radical (unpaired) electrons. The van der Waals surface area contributed by atoms with Gasteiger partial charge in [-0.3, -0.25) is 0 Å². The number of carboxylic acid groups (broad SMARTS) is 1. The highest BCUT2D eigenvalue weighted by Crippen LogP contribution is 2.13. The fourth-order valence-corrected chi connectivity index (χ4v) is 1.79. The summed E-state index contributed by atoms with van der Waals surface area (Å²) < 4.78 is 10.8. The van der Waals surface area contributed by atoms with E-state index in [1.165, 1.54) is 0 Å². The van der Waals surface area contributed by atoms with E-state index in [0.29, 0.717) is 18.1 Å². The summed E-state index contributed by atoms with van der Waals surface area (Å²) in [6, 6.07) is 6.47. The second kappa shape index (κ2) is 11.1. The zero-order valence-corrected chi connectivity index (χ0v) is 12.9. The standard InChI is InChI=1S/C16H22O4S/c17-16(18)14-6-8-15(9-7-14)20-12-4-2-1-3-10-19-11-5-13-21/h5-9,11,21H,1-4,10,12-13H2,(H,17,18). The molecule has 1 aromatic carbocycles. The molecule has 0 fully saturated rings. The molecule has 0 aliphatic heterocycles. The minimum Gasteiger partial charge on any atom is -0.502 e. The molecule has 0 aliphatic carbocycles. The van der Waals surface area contributed by atoms with Crippen LogP contribution in [0.4, 0.5) is 0 Å². The molecule has 0 saturated carbocycles. The Morgan fingerprint density at radius 3 is 2.38 bits per heavy atom. The van der Waals surface area contributed by atoms with Gasteiger partial charge in [-0.15, -0.1) is 0 Å². The maximum Gasteiger partial charge on any atom is 0.335 e. The lowest BCUT2D eigenvalue weighted by molar-refractivity contribution is 0.0697. The molecule has 0 atom stereocenters. The summed E-state index contributed by atoms with van der Waals surface area (Å²) in [5.41, 5.74) is 0.273. The van der Waals surface area contributed by atoms with Crippen LogP contribution >= 0.6 is 12.6 Å². The Morgan fingerprint density at radius 1 is 1.10 bits per heavy atom. The first kappa shape index (κ1) is 17.4. The normalized spacial score (nSPS) is 10.7. The average molecular weight is 310 g/mol. The predicted octanol–water partition coefficient (Wildman–Crippen LogP) is 3.78. The van der Waals surface area contributed by atoms with Gasteiger partial charge in [-0.1, -0.05) is 0 Å². The van der Waals surface area contributed by atoms with Gasteiger partial charge in [0.15, 0.2) is 0 Å². The third-order valence-electron chi connectivity index (χ3n) is 2.82. The van der Waals surface area contributed by atoms with E-state index in [-0.39, 0.29) is 5.56 Å². The highest BCUT2D eigenvalue weighted by molar-refractivity contribution is 7.80. The number of carboxylic acids is 1. The largest absolute Gasteiger partial charge is 0.502 e. The minimum atomic E-state index is -0.923. The van der Waals surface area contributed by atoms with E-state index >= 15 is 0 Å². The molecule has 0 heterocycles. The van der Waals surface area contributed by atoms with Gasteiger partial charge in [0.05, 0.1) is 25.0 Å². The number of hydrogen-bond acceptors (Lipinski definition) is 4. The number of carbonyl (C=O) groups is 1. The van der Waals surface area contributed by atoms with E-state index in [1.807, 2.05) is 6.08 Å². The second-order valence-corrected chi connectivity index (χ2v) is 4.88. The van der Waals surface area contributed by atoms with Crippen molar-refractivity contribution in [3.8, 4) is 5.75 Å². The first-order valence-electron chi connectivity index (χ1n) is 7.07. The van der Waals surface area contributed by atoms with Crippen molar-refractivity contribution in [2.75, 3.05) is 19.0 Å². The van der Waals surface area contributed by atoms with Crippen LogP contribution in [0.15, 0.2) is 36.6 Å². The Hall–Kier alpha value is -1.62. The van der Waals surface area contributed by atoms with Gasteiger partial charge in [0.25, 0.3) is 0 Å². The third-order valence-corrected chi connectivity index (χ3v) is 3.04. The Morgan fingerprint density at radius 2 is 1.76 bits per heavy atom. The van der Waals surface area contributed by atoms with Gasteiger partial charge in [-0.05, 0) is 56.0 Å². The lowest BCUT2D eigenvalue weighted by Gasteiger charge is -2.06. The summed E-state index contributed by atoms with van der Waals surface area (Å²) in [7, 11) is 0. The highest BCUT2D eigenvalue weighted by Gasteiger charge is 2.01. The Bertz CT molecular complexity index is 428. The first-order chi connectivity index (χ1) is 10.2. The van der Waals surface area contributed by atoms with Gasteiger partial charge < -0.3 is 14.6 Å². The van der Waals surface area contributed by atoms with Crippen molar-refractivity contribution in [2.24, 2.45) is 0 Å². The van der Waals surface area contributed by atoms with Crippen LogP contribution in [0.3, 0.4) is 0 Å². The lowest BCUT2D eigenvalue weighted by atomic mass is 10.2.